The summed E-state index contributed by atoms with van der Waals surface area (Å²) in [7, 11) is 0. The minimum absolute atomic E-state index is 0.0435. The van der Waals surface area contributed by atoms with Crippen LogP contribution in [0.2, 0.25) is 0 Å². The average molecular weight is 454 g/mol. The molecule has 32 heavy (non-hydrogen) atoms. The van der Waals surface area contributed by atoms with Gasteiger partial charge in [-0.15, -0.1) is 0 Å². The largest absolute Gasteiger partial charge is 0.490 e. The molecule has 5 rings (SSSR count). The fourth-order valence-corrected chi connectivity index (χ4v) is 5.20. The van der Waals surface area contributed by atoms with E-state index in [-0.39, 0.29) is 17.7 Å². The zero-order valence-electron chi connectivity index (χ0n) is 18.7. The molecule has 0 aliphatic carbocycles. The van der Waals surface area contributed by atoms with E-state index in [4.69, 9.17) is 14.5 Å². The van der Waals surface area contributed by atoms with E-state index in [0.717, 1.165) is 39.8 Å². The van der Waals surface area contributed by atoms with Gasteiger partial charge in [-0.1, -0.05) is 17.4 Å². The van der Waals surface area contributed by atoms with Crippen LogP contribution in [0.5, 0.6) is 5.75 Å². The second-order valence-corrected chi connectivity index (χ2v) is 9.71. The van der Waals surface area contributed by atoms with Gasteiger partial charge in [-0.25, -0.2) is 9.67 Å². The Morgan fingerprint density at radius 1 is 1.34 bits per heavy atom. The van der Waals surface area contributed by atoms with Crippen molar-refractivity contribution in [3.8, 4) is 16.9 Å². The number of thiazole rings is 1. The van der Waals surface area contributed by atoms with Crippen molar-refractivity contribution in [1.82, 2.24) is 20.1 Å². The third-order valence-electron chi connectivity index (χ3n) is 5.72. The van der Waals surface area contributed by atoms with Crippen molar-refractivity contribution in [3.05, 3.63) is 41.2 Å². The van der Waals surface area contributed by atoms with E-state index >= 15 is 0 Å². The molecular formula is C23H27N5O3S. The van der Waals surface area contributed by atoms with Gasteiger partial charge in [0.1, 0.15) is 23.5 Å². The highest BCUT2D eigenvalue weighted by molar-refractivity contribution is 7.17. The Balaban J connectivity index is 1.49. The van der Waals surface area contributed by atoms with Gasteiger partial charge in [0.15, 0.2) is 5.13 Å². The number of carbonyl (C=O) groups excluding carboxylic acids is 1. The van der Waals surface area contributed by atoms with Gasteiger partial charge in [0.25, 0.3) is 5.91 Å². The summed E-state index contributed by atoms with van der Waals surface area (Å²) in [6.45, 7) is 9.87. The monoisotopic (exact) mass is 453 g/mol. The molecule has 168 valence electrons. The van der Waals surface area contributed by atoms with Gasteiger partial charge in [-0.2, -0.15) is 5.10 Å². The highest BCUT2D eigenvalue weighted by atomic mass is 32.1. The fourth-order valence-electron chi connectivity index (χ4n) is 4.18. The molecule has 9 heteroatoms. The number of fused-ring (bicyclic) bond motifs is 2. The Labute approximate surface area is 191 Å². The third kappa shape index (κ3) is 3.75. The van der Waals surface area contributed by atoms with Crippen molar-refractivity contribution in [1.29, 1.82) is 0 Å². The maximum absolute atomic E-state index is 12.6. The van der Waals surface area contributed by atoms with Crippen LogP contribution in [0.1, 0.15) is 49.3 Å². The summed E-state index contributed by atoms with van der Waals surface area (Å²) in [5.41, 5.74) is 3.57. The predicted molar refractivity (Wildman–Crippen MR) is 124 cm³/mol. The number of benzene rings is 1. The molecule has 0 radical (unpaired) electrons. The van der Waals surface area contributed by atoms with Crippen LogP contribution >= 0.6 is 11.3 Å². The number of rotatable bonds is 5. The molecule has 4 heterocycles. The normalized spacial score (nSPS) is 17.9. The van der Waals surface area contributed by atoms with Crippen molar-refractivity contribution in [2.45, 2.75) is 45.9 Å². The topological polar surface area (TPSA) is 81.5 Å². The van der Waals surface area contributed by atoms with Crippen LogP contribution in [-0.2, 0) is 11.2 Å². The molecule has 1 aromatic carbocycles. The quantitative estimate of drug-likeness (QED) is 0.625. The highest BCUT2D eigenvalue weighted by Crippen LogP contribution is 2.42. The Bertz CT molecular complexity index is 1170. The Hall–Kier alpha value is -2.91. The number of aromatic nitrogens is 3. The van der Waals surface area contributed by atoms with Crippen molar-refractivity contribution in [2.75, 3.05) is 24.7 Å². The van der Waals surface area contributed by atoms with Crippen LogP contribution in [0, 0.1) is 0 Å². The van der Waals surface area contributed by atoms with E-state index < -0.39 is 0 Å². The third-order valence-corrected chi connectivity index (χ3v) is 6.84. The molecule has 0 saturated heterocycles. The number of anilines is 2. The number of nitrogens with zero attached hydrogens (tertiary/aromatic N) is 4. The summed E-state index contributed by atoms with van der Waals surface area (Å²) in [6.07, 6.45) is 4.44. The molecule has 1 unspecified atom stereocenters. The first kappa shape index (κ1) is 21.0. The van der Waals surface area contributed by atoms with Gasteiger partial charge in [0, 0.05) is 30.3 Å². The lowest BCUT2D eigenvalue weighted by molar-refractivity contribution is 0.0160. The maximum Gasteiger partial charge on any atom is 0.263 e. The van der Waals surface area contributed by atoms with E-state index in [9.17, 15) is 4.79 Å². The molecule has 2 aliphatic heterocycles. The standard InChI is InChI=1S/C23H27N5O3S/c1-5-30-14(2)28-13-16(12-24-28)15-6-7-19-18(10-15)27(8-9-31-19)22-25-17-11-23(3,4)26-21(29)20(17)32-22/h6-7,10,12-14H,5,8-9,11H2,1-4H3,(H,26,29). The van der Waals surface area contributed by atoms with Gasteiger partial charge in [-0.3, -0.25) is 4.79 Å². The molecule has 2 aromatic heterocycles. The summed E-state index contributed by atoms with van der Waals surface area (Å²) in [5.74, 6) is 0.770. The Morgan fingerprint density at radius 2 is 2.19 bits per heavy atom. The molecule has 1 atom stereocenters. The smallest absolute Gasteiger partial charge is 0.263 e. The first-order valence-corrected chi connectivity index (χ1v) is 11.7. The van der Waals surface area contributed by atoms with Crippen LogP contribution in [0.15, 0.2) is 30.6 Å². The van der Waals surface area contributed by atoms with Gasteiger partial charge in [-0.05, 0) is 45.4 Å². The molecule has 3 aromatic rings. The van der Waals surface area contributed by atoms with Crippen molar-refractivity contribution in [2.24, 2.45) is 0 Å². The van der Waals surface area contributed by atoms with Gasteiger partial charge >= 0.3 is 0 Å². The Morgan fingerprint density at radius 3 is 3.00 bits per heavy atom. The van der Waals surface area contributed by atoms with Gasteiger partial charge < -0.3 is 19.7 Å². The first-order chi connectivity index (χ1) is 15.3. The SMILES string of the molecule is CCOC(C)n1cc(-c2ccc3c(c2)N(c2nc4c(s2)C(=O)NC(C)(C)C4)CCO3)cn1. The number of carbonyl (C=O) groups is 1. The van der Waals surface area contributed by atoms with E-state index in [0.29, 0.717) is 24.6 Å². The molecule has 1 N–H and O–H groups in total. The van der Waals surface area contributed by atoms with Crippen molar-refractivity contribution < 1.29 is 14.3 Å². The second kappa shape index (κ2) is 7.90. The lowest BCUT2D eigenvalue weighted by atomic mass is 9.94. The van der Waals surface area contributed by atoms with Crippen LogP contribution in [0.25, 0.3) is 11.1 Å². The van der Waals surface area contributed by atoms with Crippen LogP contribution < -0.4 is 15.0 Å². The number of ether oxygens (including phenoxy) is 2. The number of hydrogen-bond acceptors (Lipinski definition) is 7. The zero-order chi connectivity index (χ0) is 22.5. The molecule has 0 spiro atoms. The van der Waals surface area contributed by atoms with Crippen LogP contribution in [0.3, 0.4) is 0 Å². The zero-order valence-corrected chi connectivity index (χ0v) is 19.5. The lowest BCUT2D eigenvalue weighted by Crippen LogP contribution is -2.48. The molecule has 8 nitrogen and oxygen atoms in total. The second-order valence-electron chi connectivity index (χ2n) is 8.73. The van der Waals surface area contributed by atoms with Crippen molar-refractivity contribution >= 4 is 28.1 Å². The van der Waals surface area contributed by atoms with Gasteiger partial charge in [0.05, 0.1) is 24.1 Å². The summed E-state index contributed by atoms with van der Waals surface area (Å²) in [4.78, 5) is 20.3. The minimum atomic E-state index is -0.287. The molecular weight excluding hydrogens is 426 g/mol. The van der Waals surface area contributed by atoms with E-state index in [1.165, 1.54) is 11.3 Å². The van der Waals surface area contributed by atoms with E-state index in [1.807, 2.05) is 56.9 Å². The van der Waals surface area contributed by atoms with Crippen LogP contribution in [0.4, 0.5) is 10.8 Å². The minimum Gasteiger partial charge on any atom is -0.490 e. The summed E-state index contributed by atoms with van der Waals surface area (Å²) < 4.78 is 13.4. The van der Waals surface area contributed by atoms with Crippen LogP contribution in [-0.4, -0.2) is 46.0 Å². The van der Waals surface area contributed by atoms with E-state index in [1.54, 1.807) is 0 Å². The highest BCUT2D eigenvalue weighted by Gasteiger charge is 2.34. The summed E-state index contributed by atoms with van der Waals surface area (Å²) in [6, 6.07) is 6.13. The fraction of sp³-hybridized carbons (Fsp3) is 0.435. The number of nitrogens with one attached hydrogen (secondary N) is 1. The molecule has 2 aliphatic rings. The molecule has 0 saturated carbocycles. The predicted octanol–water partition coefficient (Wildman–Crippen LogP) is 4.16. The molecule has 0 fully saturated rings. The first-order valence-electron chi connectivity index (χ1n) is 10.9. The molecule has 0 bridgehead atoms. The maximum atomic E-state index is 12.6. The summed E-state index contributed by atoms with van der Waals surface area (Å²) in [5, 5.41) is 8.35. The Kier molecular flexibility index (Phi) is 5.17. The molecule has 1 amide bonds. The number of amides is 1. The average Bonchev–Trinajstić information content (AvgIpc) is 3.40. The summed E-state index contributed by atoms with van der Waals surface area (Å²) >= 11 is 1.44. The van der Waals surface area contributed by atoms with Crippen molar-refractivity contribution in [3.63, 3.8) is 0 Å². The lowest BCUT2D eigenvalue weighted by Gasteiger charge is -2.29. The van der Waals surface area contributed by atoms with E-state index in [2.05, 4.69) is 21.4 Å². The van der Waals surface area contributed by atoms with Gasteiger partial charge in [0.2, 0.25) is 0 Å². The number of hydrogen-bond donors (Lipinski definition) is 1.